The molecule has 0 heterocycles. The molecule has 1 N–H and O–H groups in total. The van der Waals surface area contributed by atoms with Gasteiger partial charge in [0.2, 0.25) is 0 Å². The summed E-state index contributed by atoms with van der Waals surface area (Å²) in [7, 11) is 2.31. The van der Waals surface area contributed by atoms with Gasteiger partial charge in [0.15, 0.2) is 0 Å². The summed E-state index contributed by atoms with van der Waals surface area (Å²) in [5.41, 5.74) is 0. The van der Waals surface area contributed by atoms with Crippen LogP contribution in [-0.4, -0.2) is 37.6 Å². The molecule has 0 amide bonds. The molecule has 0 aliphatic heterocycles. The lowest BCUT2D eigenvalue weighted by atomic mass is 9.86. The number of hydrogen-bond donors (Lipinski definition) is 1. The van der Waals surface area contributed by atoms with E-state index in [4.69, 9.17) is 0 Å². The molecule has 2 heteroatoms. The van der Waals surface area contributed by atoms with E-state index in [1.807, 2.05) is 0 Å². The Morgan fingerprint density at radius 2 is 2.12 bits per heavy atom. The maximum Gasteiger partial charge on any atom is 0.00948 e. The topological polar surface area (TPSA) is 15.3 Å². The number of nitrogens with one attached hydrogen (secondary N) is 1. The Kier molecular flexibility index (Phi) is 6.37. The summed E-state index contributed by atoms with van der Waals surface area (Å²) in [5, 5.41) is 3.44. The Labute approximate surface area is 102 Å². The molecule has 1 fully saturated rings. The van der Waals surface area contributed by atoms with Gasteiger partial charge in [-0.15, -0.1) is 0 Å². The molecule has 3 unspecified atom stereocenters. The van der Waals surface area contributed by atoms with Crippen LogP contribution in [-0.2, 0) is 0 Å². The third-order valence-corrected chi connectivity index (χ3v) is 3.87. The number of hydrogen-bond acceptors (Lipinski definition) is 2. The maximum atomic E-state index is 3.44. The van der Waals surface area contributed by atoms with Crippen molar-refractivity contribution in [2.24, 2.45) is 11.8 Å². The van der Waals surface area contributed by atoms with E-state index in [2.05, 4.69) is 38.0 Å². The van der Waals surface area contributed by atoms with E-state index in [0.29, 0.717) is 0 Å². The highest BCUT2D eigenvalue weighted by atomic mass is 15.1. The van der Waals surface area contributed by atoms with Crippen molar-refractivity contribution >= 4 is 0 Å². The van der Waals surface area contributed by atoms with Crippen molar-refractivity contribution < 1.29 is 0 Å². The van der Waals surface area contributed by atoms with Crippen molar-refractivity contribution in [2.75, 3.05) is 26.7 Å². The lowest BCUT2D eigenvalue weighted by molar-refractivity contribution is 0.146. The van der Waals surface area contributed by atoms with Crippen molar-refractivity contribution in [3.8, 4) is 0 Å². The van der Waals surface area contributed by atoms with E-state index < -0.39 is 0 Å². The second kappa shape index (κ2) is 7.29. The minimum Gasteiger partial charge on any atom is -0.317 e. The Morgan fingerprint density at radius 3 is 2.75 bits per heavy atom. The first-order valence-corrected chi connectivity index (χ1v) is 7.04. The average molecular weight is 226 g/mol. The molecule has 0 aromatic carbocycles. The van der Waals surface area contributed by atoms with E-state index in [1.165, 1.54) is 32.2 Å². The summed E-state index contributed by atoms with van der Waals surface area (Å²) in [6.45, 7) is 10.4. The van der Waals surface area contributed by atoms with Gasteiger partial charge in [-0.3, -0.25) is 0 Å². The molecular weight excluding hydrogens is 196 g/mol. The van der Waals surface area contributed by atoms with Crippen LogP contribution in [0.15, 0.2) is 0 Å². The van der Waals surface area contributed by atoms with Crippen LogP contribution in [0.25, 0.3) is 0 Å². The maximum absolute atomic E-state index is 3.44. The van der Waals surface area contributed by atoms with Crippen LogP contribution in [0, 0.1) is 11.8 Å². The highest BCUT2D eigenvalue weighted by Gasteiger charge is 2.22. The molecular formula is C14H30N2. The smallest absolute Gasteiger partial charge is 0.00948 e. The molecule has 3 atom stereocenters. The minimum absolute atomic E-state index is 0.766. The van der Waals surface area contributed by atoms with Crippen molar-refractivity contribution in [2.45, 2.75) is 52.5 Å². The summed E-state index contributed by atoms with van der Waals surface area (Å²) >= 11 is 0. The van der Waals surface area contributed by atoms with Crippen LogP contribution in [0.2, 0.25) is 0 Å². The standard InChI is InChI=1S/C14H30N2/c1-5-15-10-13(3)11-16(4)14-8-6-7-12(2)9-14/h12-15H,5-11H2,1-4H3. The van der Waals surface area contributed by atoms with Gasteiger partial charge in [-0.25, -0.2) is 0 Å². The fourth-order valence-electron chi connectivity index (χ4n) is 2.90. The molecule has 16 heavy (non-hydrogen) atoms. The van der Waals surface area contributed by atoms with Crippen molar-refractivity contribution in [3.63, 3.8) is 0 Å². The first-order chi connectivity index (χ1) is 7.63. The van der Waals surface area contributed by atoms with Gasteiger partial charge in [-0.05, 0) is 44.8 Å². The normalized spacial score (nSPS) is 28.3. The molecule has 0 saturated heterocycles. The quantitative estimate of drug-likeness (QED) is 0.749. The molecule has 1 aliphatic rings. The number of rotatable bonds is 6. The van der Waals surface area contributed by atoms with Crippen molar-refractivity contribution in [3.05, 3.63) is 0 Å². The van der Waals surface area contributed by atoms with E-state index in [0.717, 1.165) is 31.0 Å². The Balaban J connectivity index is 2.24. The Bertz CT molecular complexity index is 182. The van der Waals surface area contributed by atoms with E-state index in [-0.39, 0.29) is 0 Å². The van der Waals surface area contributed by atoms with Crippen molar-refractivity contribution in [1.82, 2.24) is 10.2 Å². The Morgan fingerprint density at radius 1 is 1.38 bits per heavy atom. The van der Waals surface area contributed by atoms with Gasteiger partial charge in [0, 0.05) is 12.6 Å². The van der Waals surface area contributed by atoms with Crippen molar-refractivity contribution in [1.29, 1.82) is 0 Å². The third-order valence-electron chi connectivity index (χ3n) is 3.87. The molecule has 1 saturated carbocycles. The van der Waals surface area contributed by atoms with Gasteiger partial charge in [0.05, 0.1) is 0 Å². The zero-order valence-corrected chi connectivity index (χ0v) is 11.6. The zero-order valence-electron chi connectivity index (χ0n) is 11.6. The SMILES string of the molecule is CCNCC(C)CN(C)C1CCCC(C)C1. The highest BCUT2D eigenvalue weighted by Crippen LogP contribution is 2.26. The fraction of sp³-hybridized carbons (Fsp3) is 1.00. The summed E-state index contributed by atoms with van der Waals surface area (Å²) in [6.07, 6.45) is 5.69. The first kappa shape index (κ1) is 14.0. The van der Waals surface area contributed by atoms with Gasteiger partial charge in [0.1, 0.15) is 0 Å². The lowest BCUT2D eigenvalue weighted by Crippen LogP contribution is -2.40. The third kappa shape index (κ3) is 4.84. The Hall–Kier alpha value is -0.0800. The first-order valence-electron chi connectivity index (χ1n) is 7.04. The monoisotopic (exact) mass is 226 g/mol. The predicted molar refractivity (Wildman–Crippen MR) is 71.8 cm³/mol. The van der Waals surface area contributed by atoms with Gasteiger partial charge >= 0.3 is 0 Å². The molecule has 1 rings (SSSR count). The summed E-state index contributed by atoms with van der Waals surface area (Å²) in [4.78, 5) is 2.59. The second-order valence-electron chi connectivity index (χ2n) is 5.78. The molecule has 0 radical (unpaired) electrons. The molecule has 0 bridgehead atoms. The van der Waals surface area contributed by atoms with Crippen LogP contribution < -0.4 is 5.32 Å². The summed E-state index contributed by atoms with van der Waals surface area (Å²) in [6, 6.07) is 0.841. The predicted octanol–water partition coefficient (Wildman–Crippen LogP) is 2.74. The highest BCUT2D eigenvalue weighted by molar-refractivity contribution is 4.78. The zero-order chi connectivity index (χ0) is 12.0. The molecule has 0 aromatic rings. The van der Waals surface area contributed by atoms with Crippen LogP contribution in [0.1, 0.15) is 46.5 Å². The molecule has 0 aromatic heterocycles. The molecule has 0 spiro atoms. The summed E-state index contributed by atoms with van der Waals surface area (Å²) < 4.78 is 0. The van der Waals surface area contributed by atoms with Gasteiger partial charge < -0.3 is 10.2 Å². The van der Waals surface area contributed by atoms with E-state index in [1.54, 1.807) is 0 Å². The van der Waals surface area contributed by atoms with Gasteiger partial charge in [-0.2, -0.15) is 0 Å². The van der Waals surface area contributed by atoms with Crippen LogP contribution in [0.5, 0.6) is 0 Å². The average Bonchev–Trinajstić information content (AvgIpc) is 2.26. The molecule has 1 aliphatic carbocycles. The van der Waals surface area contributed by atoms with Gasteiger partial charge in [0.25, 0.3) is 0 Å². The molecule has 96 valence electrons. The minimum atomic E-state index is 0.766. The van der Waals surface area contributed by atoms with Crippen LogP contribution in [0.4, 0.5) is 0 Å². The van der Waals surface area contributed by atoms with Gasteiger partial charge in [-0.1, -0.05) is 33.6 Å². The van der Waals surface area contributed by atoms with Crippen LogP contribution >= 0.6 is 0 Å². The summed E-state index contributed by atoms with van der Waals surface area (Å²) in [5.74, 6) is 1.70. The largest absolute Gasteiger partial charge is 0.317 e. The second-order valence-corrected chi connectivity index (χ2v) is 5.78. The number of nitrogens with zero attached hydrogens (tertiary/aromatic N) is 1. The fourth-order valence-corrected chi connectivity index (χ4v) is 2.90. The lowest BCUT2D eigenvalue weighted by Gasteiger charge is -2.35. The van der Waals surface area contributed by atoms with Crippen LogP contribution in [0.3, 0.4) is 0 Å². The molecule has 2 nitrogen and oxygen atoms in total. The van der Waals surface area contributed by atoms with E-state index >= 15 is 0 Å². The van der Waals surface area contributed by atoms with E-state index in [9.17, 15) is 0 Å².